The minimum absolute atomic E-state index is 0.0873. The zero-order valence-corrected chi connectivity index (χ0v) is 7.31. The smallest absolute Gasteiger partial charge is 0.0772 e. The van der Waals surface area contributed by atoms with Gasteiger partial charge in [0.2, 0.25) is 0 Å². The van der Waals surface area contributed by atoms with Crippen LogP contribution in [0.1, 0.15) is 33.1 Å². The summed E-state index contributed by atoms with van der Waals surface area (Å²) in [4.78, 5) is 0. The lowest BCUT2D eigenvalue weighted by Crippen LogP contribution is -2.36. The molecule has 2 heteroatoms. The van der Waals surface area contributed by atoms with Crippen LogP contribution in [0.4, 0.5) is 0 Å². The molecule has 1 unspecified atom stereocenters. The summed E-state index contributed by atoms with van der Waals surface area (Å²) in [6, 6.07) is 0. The van der Waals surface area contributed by atoms with Gasteiger partial charge in [0.25, 0.3) is 0 Å². The second kappa shape index (κ2) is 4.69. The third-order valence-corrected chi connectivity index (χ3v) is 1.98. The topological polar surface area (TPSA) is 35.2 Å². The van der Waals surface area contributed by atoms with Gasteiger partial charge < -0.3 is 10.5 Å². The highest BCUT2D eigenvalue weighted by Crippen LogP contribution is 2.15. The van der Waals surface area contributed by atoms with E-state index in [1.54, 1.807) is 7.11 Å². The minimum Gasteiger partial charge on any atom is -0.377 e. The van der Waals surface area contributed by atoms with Gasteiger partial charge in [0.1, 0.15) is 0 Å². The van der Waals surface area contributed by atoms with Crippen LogP contribution in [0.2, 0.25) is 0 Å². The van der Waals surface area contributed by atoms with Crippen molar-refractivity contribution in [3.63, 3.8) is 0 Å². The Morgan fingerprint density at radius 1 is 1.50 bits per heavy atom. The highest BCUT2D eigenvalue weighted by atomic mass is 16.5. The number of methoxy groups -OCH3 is 1. The Morgan fingerprint density at radius 3 is 2.40 bits per heavy atom. The molecule has 0 heterocycles. The van der Waals surface area contributed by atoms with Gasteiger partial charge in [-0.25, -0.2) is 0 Å². The number of rotatable bonds is 5. The average Bonchev–Trinajstić information content (AvgIpc) is 2.00. The van der Waals surface area contributed by atoms with Gasteiger partial charge in [-0.15, -0.1) is 0 Å². The summed E-state index contributed by atoms with van der Waals surface area (Å²) in [7, 11) is 1.72. The summed E-state index contributed by atoms with van der Waals surface area (Å²) in [6.07, 6.45) is 3.47. The third-order valence-electron chi connectivity index (χ3n) is 1.98. The molecule has 0 fully saturated rings. The zero-order chi connectivity index (χ0) is 8.04. The zero-order valence-electron chi connectivity index (χ0n) is 7.31. The maximum absolute atomic E-state index is 5.53. The summed E-state index contributed by atoms with van der Waals surface area (Å²) in [5.74, 6) is 0. The Kier molecular flexibility index (Phi) is 4.65. The van der Waals surface area contributed by atoms with Crippen LogP contribution in [0.5, 0.6) is 0 Å². The lowest BCUT2D eigenvalue weighted by molar-refractivity contribution is 0.00509. The van der Waals surface area contributed by atoms with Gasteiger partial charge >= 0.3 is 0 Å². The molecule has 0 aliphatic carbocycles. The van der Waals surface area contributed by atoms with Gasteiger partial charge in [-0.3, -0.25) is 0 Å². The quantitative estimate of drug-likeness (QED) is 0.637. The first-order chi connectivity index (χ1) is 4.68. The summed E-state index contributed by atoms with van der Waals surface area (Å²) in [5.41, 5.74) is 5.45. The van der Waals surface area contributed by atoms with Gasteiger partial charge in [0.15, 0.2) is 0 Å². The molecule has 10 heavy (non-hydrogen) atoms. The van der Waals surface area contributed by atoms with Crippen molar-refractivity contribution in [2.45, 2.75) is 38.7 Å². The molecular weight excluding hydrogens is 126 g/mol. The molecule has 0 rings (SSSR count). The second-order valence-electron chi connectivity index (χ2n) is 2.96. The maximum Gasteiger partial charge on any atom is 0.0772 e. The highest BCUT2D eigenvalue weighted by molar-refractivity contribution is 4.74. The monoisotopic (exact) mass is 145 g/mol. The first-order valence-corrected chi connectivity index (χ1v) is 3.93. The van der Waals surface area contributed by atoms with Crippen molar-refractivity contribution in [3.05, 3.63) is 0 Å². The lowest BCUT2D eigenvalue weighted by atomic mass is 9.99. The molecule has 62 valence electrons. The molecule has 0 aromatic heterocycles. The van der Waals surface area contributed by atoms with Crippen molar-refractivity contribution in [1.29, 1.82) is 0 Å². The molecule has 0 aromatic rings. The van der Waals surface area contributed by atoms with E-state index in [-0.39, 0.29) is 5.60 Å². The molecule has 2 N–H and O–H groups in total. The highest BCUT2D eigenvalue weighted by Gasteiger charge is 2.19. The van der Waals surface area contributed by atoms with E-state index in [0.717, 1.165) is 6.42 Å². The van der Waals surface area contributed by atoms with Gasteiger partial charge in [-0.1, -0.05) is 19.8 Å². The summed E-state index contributed by atoms with van der Waals surface area (Å²) >= 11 is 0. The fourth-order valence-corrected chi connectivity index (χ4v) is 0.838. The SMILES string of the molecule is CCCCC(C)(CN)OC. The van der Waals surface area contributed by atoms with E-state index in [2.05, 4.69) is 13.8 Å². The molecule has 0 spiro atoms. The fraction of sp³-hybridized carbons (Fsp3) is 1.00. The van der Waals surface area contributed by atoms with Crippen LogP contribution in [0.3, 0.4) is 0 Å². The van der Waals surface area contributed by atoms with Gasteiger partial charge in [-0.2, -0.15) is 0 Å². The fourth-order valence-electron chi connectivity index (χ4n) is 0.838. The van der Waals surface area contributed by atoms with Crippen LogP contribution in [0, 0.1) is 0 Å². The number of hydrogen-bond acceptors (Lipinski definition) is 2. The second-order valence-corrected chi connectivity index (χ2v) is 2.96. The van der Waals surface area contributed by atoms with E-state index in [9.17, 15) is 0 Å². The van der Waals surface area contributed by atoms with Crippen molar-refractivity contribution in [2.24, 2.45) is 5.73 Å². The van der Waals surface area contributed by atoms with Gasteiger partial charge in [0, 0.05) is 13.7 Å². The molecule has 1 atom stereocenters. The number of hydrogen-bond donors (Lipinski definition) is 1. The van der Waals surface area contributed by atoms with Crippen LogP contribution in [0.15, 0.2) is 0 Å². The van der Waals surface area contributed by atoms with E-state index >= 15 is 0 Å². The Labute approximate surface area is 63.7 Å². The van der Waals surface area contributed by atoms with Crippen molar-refractivity contribution in [3.8, 4) is 0 Å². The predicted molar refractivity (Wildman–Crippen MR) is 44.0 cm³/mol. The Hall–Kier alpha value is -0.0800. The van der Waals surface area contributed by atoms with Crippen molar-refractivity contribution >= 4 is 0 Å². The number of ether oxygens (including phenoxy) is 1. The van der Waals surface area contributed by atoms with E-state index in [4.69, 9.17) is 10.5 Å². The van der Waals surface area contributed by atoms with Crippen LogP contribution < -0.4 is 5.73 Å². The molecule has 0 amide bonds. The first-order valence-electron chi connectivity index (χ1n) is 3.93. The minimum atomic E-state index is -0.0873. The number of nitrogens with two attached hydrogens (primary N) is 1. The Morgan fingerprint density at radius 2 is 2.10 bits per heavy atom. The van der Waals surface area contributed by atoms with E-state index < -0.39 is 0 Å². The Bertz CT molecular complexity index is 79.3. The average molecular weight is 145 g/mol. The molecule has 2 nitrogen and oxygen atoms in total. The molecule has 0 aliphatic heterocycles. The van der Waals surface area contributed by atoms with Gasteiger partial charge in [0.05, 0.1) is 5.60 Å². The summed E-state index contributed by atoms with van der Waals surface area (Å²) in [6.45, 7) is 4.85. The van der Waals surface area contributed by atoms with Gasteiger partial charge in [-0.05, 0) is 13.3 Å². The molecule has 0 saturated heterocycles. The van der Waals surface area contributed by atoms with E-state index in [1.807, 2.05) is 0 Å². The summed E-state index contributed by atoms with van der Waals surface area (Å²) < 4.78 is 5.26. The first kappa shape index (κ1) is 9.92. The standard InChI is InChI=1S/C8H19NO/c1-4-5-6-8(2,7-9)10-3/h4-7,9H2,1-3H3. The molecule has 0 radical (unpaired) electrons. The van der Waals surface area contributed by atoms with Crippen LogP contribution >= 0.6 is 0 Å². The van der Waals surface area contributed by atoms with Crippen LogP contribution in [-0.4, -0.2) is 19.3 Å². The number of unbranched alkanes of at least 4 members (excludes halogenated alkanes) is 1. The van der Waals surface area contributed by atoms with Crippen molar-refractivity contribution < 1.29 is 4.74 Å². The Balaban J connectivity index is 3.58. The maximum atomic E-state index is 5.53. The lowest BCUT2D eigenvalue weighted by Gasteiger charge is -2.25. The van der Waals surface area contributed by atoms with Crippen LogP contribution in [-0.2, 0) is 4.74 Å². The molecule has 0 bridgehead atoms. The third kappa shape index (κ3) is 3.18. The van der Waals surface area contributed by atoms with E-state index in [1.165, 1.54) is 12.8 Å². The molecular formula is C8H19NO. The molecule has 0 aliphatic rings. The normalized spacial score (nSPS) is 16.8. The molecule has 0 saturated carbocycles. The predicted octanol–water partition coefficient (Wildman–Crippen LogP) is 1.54. The molecule has 0 aromatic carbocycles. The van der Waals surface area contributed by atoms with Crippen molar-refractivity contribution in [2.75, 3.05) is 13.7 Å². The van der Waals surface area contributed by atoms with E-state index in [0.29, 0.717) is 6.54 Å². The van der Waals surface area contributed by atoms with Crippen LogP contribution in [0.25, 0.3) is 0 Å². The van der Waals surface area contributed by atoms with Crippen molar-refractivity contribution in [1.82, 2.24) is 0 Å². The summed E-state index contributed by atoms with van der Waals surface area (Å²) in [5, 5.41) is 0. The largest absolute Gasteiger partial charge is 0.377 e.